The molecule has 1 atom stereocenters. The molecule has 0 bridgehead atoms. The molecule has 1 unspecified atom stereocenters. The van der Waals surface area contributed by atoms with Crippen LogP contribution in [0.1, 0.15) is 22.5 Å². The maximum absolute atomic E-state index is 11.3. The number of aromatic carboxylic acids is 1. The topological polar surface area (TPSA) is 56.7 Å². The number of carbonyl (C=O) groups is 1. The molecule has 1 aliphatic heterocycles. The Balaban J connectivity index is 2.10. The Kier molecular flexibility index (Phi) is 3.74. The quantitative estimate of drug-likeness (QED) is 0.943. The molecule has 3 rings (SSSR count). The summed E-state index contributed by atoms with van der Waals surface area (Å²) in [7, 11) is 4.22. The lowest BCUT2D eigenvalue weighted by molar-refractivity contribution is 0.0697. The summed E-state index contributed by atoms with van der Waals surface area (Å²) in [6, 6.07) is 7.64. The van der Waals surface area contributed by atoms with Crippen molar-refractivity contribution < 1.29 is 9.90 Å². The van der Waals surface area contributed by atoms with E-state index >= 15 is 0 Å². The lowest BCUT2D eigenvalue weighted by Crippen LogP contribution is -2.34. The molecule has 0 spiro atoms. The first-order chi connectivity index (χ1) is 10.5. The first kappa shape index (κ1) is 14.8. The molecule has 0 radical (unpaired) electrons. The summed E-state index contributed by atoms with van der Waals surface area (Å²) >= 11 is 0. The van der Waals surface area contributed by atoms with E-state index in [-0.39, 0.29) is 0 Å². The number of anilines is 1. The van der Waals surface area contributed by atoms with Gasteiger partial charge in [0.25, 0.3) is 0 Å². The van der Waals surface area contributed by atoms with E-state index in [1.807, 2.05) is 13.0 Å². The van der Waals surface area contributed by atoms with Gasteiger partial charge in [-0.15, -0.1) is 0 Å². The highest BCUT2D eigenvalue weighted by atomic mass is 16.4. The fourth-order valence-corrected chi connectivity index (χ4v) is 3.19. The molecule has 0 saturated carbocycles. The molecule has 0 aliphatic carbocycles. The van der Waals surface area contributed by atoms with Crippen LogP contribution in [0.2, 0.25) is 0 Å². The first-order valence-corrected chi connectivity index (χ1v) is 7.52. The SMILES string of the molecule is Cc1cc(N(C)C2CCN(C)C2)c2cc(C(=O)O)ccc2n1. The van der Waals surface area contributed by atoms with Crippen molar-refractivity contribution in [3.8, 4) is 0 Å². The van der Waals surface area contributed by atoms with Gasteiger partial charge in [0.05, 0.1) is 11.1 Å². The Morgan fingerprint density at radius 3 is 2.82 bits per heavy atom. The minimum Gasteiger partial charge on any atom is -0.478 e. The number of pyridine rings is 1. The average molecular weight is 299 g/mol. The number of aryl methyl sites for hydroxylation is 1. The van der Waals surface area contributed by atoms with E-state index in [1.54, 1.807) is 18.2 Å². The predicted octanol–water partition coefficient (Wildman–Crippen LogP) is 2.38. The van der Waals surface area contributed by atoms with Crippen LogP contribution in [0.25, 0.3) is 10.9 Å². The van der Waals surface area contributed by atoms with Crippen molar-refractivity contribution in [3.63, 3.8) is 0 Å². The maximum Gasteiger partial charge on any atom is 0.335 e. The van der Waals surface area contributed by atoms with Gasteiger partial charge in [0, 0.05) is 36.4 Å². The minimum absolute atomic E-state index is 0.302. The summed E-state index contributed by atoms with van der Waals surface area (Å²) in [5.74, 6) is -0.906. The smallest absolute Gasteiger partial charge is 0.335 e. The van der Waals surface area contributed by atoms with E-state index in [0.29, 0.717) is 11.6 Å². The van der Waals surface area contributed by atoms with E-state index < -0.39 is 5.97 Å². The number of likely N-dealkylation sites (tertiary alicyclic amines) is 1. The van der Waals surface area contributed by atoms with Gasteiger partial charge in [0.15, 0.2) is 0 Å². The largest absolute Gasteiger partial charge is 0.478 e. The molecule has 2 aromatic rings. The van der Waals surface area contributed by atoms with E-state index in [2.05, 4.69) is 28.9 Å². The first-order valence-electron chi connectivity index (χ1n) is 7.52. The highest BCUT2D eigenvalue weighted by molar-refractivity contribution is 5.98. The van der Waals surface area contributed by atoms with Crippen molar-refractivity contribution in [2.24, 2.45) is 0 Å². The van der Waals surface area contributed by atoms with Crippen LogP contribution in [-0.4, -0.2) is 54.2 Å². The second-order valence-electron chi connectivity index (χ2n) is 6.14. The number of benzene rings is 1. The summed E-state index contributed by atoms with van der Waals surface area (Å²) in [4.78, 5) is 20.4. The third-order valence-corrected chi connectivity index (χ3v) is 4.46. The fraction of sp³-hybridized carbons (Fsp3) is 0.412. The van der Waals surface area contributed by atoms with Gasteiger partial charge < -0.3 is 14.9 Å². The van der Waals surface area contributed by atoms with E-state index in [4.69, 9.17) is 0 Å². The lowest BCUT2D eigenvalue weighted by atomic mass is 10.1. The summed E-state index contributed by atoms with van der Waals surface area (Å²) < 4.78 is 0. The standard InChI is InChI=1S/C17H21N3O2/c1-11-8-16(20(3)13-6-7-19(2)10-13)14-9-12(17(21)22)4-5-15(14)18-11/h4-5,8-9,13H,6-7,10H2,1-3H3,(H,21,22). The van der Waals surface area contributed by atoms with Crippen molar-refractivity contribution in [1.29, 1.82) is 0 Å². The van der Waals surface area contributed by atoms with Crippen molar-refractivity contribution in [3.05, 3.63) is 35.5 Å². The molecule has 116 valence electrons. The number of hydrogen-bond donors (Lipinski definition) is 1. The van der Waals surface area contributed by atoms with Crippen LogP contribution in [0.4, 0.5) is 5.69 Å². The monoisotopic (exact) mass is 299 g/mol. The number of carboxylic acids is 1. The number of nitrogens with zero attached hydrogens (tertiary/aromatic N) is 3. The summed E-state index contributed by atoms with van der Waals surface area (Å²) in [6.45, 7) is 4.10. The van der Waals surface area contributed by atoms with Gasteiger partial charge in [-0.2, -0.15) is 0 Å². The zero-order chi connectivity index (χ0) is 15.9. The van der Waals surface area contributed by atoms with Crippen molar-refractivity contribution in [2.45, 2.75) is 19.4 Å². The summed E-state index contributed by atoms with van der Waals surface area (Å²) in [5, 5.41) is 10.1. The molecule has 22 heavy (non-hydrogen) atoms. The average Bonchev–Trinajstić information content (AvgIpc) is 2.91. The van der Waals surface area contributed by atoms with Gasteiger partial charge in [0.1, 0.15) is 0 Å². The number of rotatable bonds is 3. The molecule has 1 fully saturated rings. The summed E-state index contributed by atoms with van der Waals surface area (Å²) in [5.41, 5.74) is 3.16. The Hall–Kier alpha value is -2.14. The third-order valence-electron chi connectivity index (χ3n) is 4.46. The minimum atomic E-state index is -0.906. The lowest BCUT2D eigenvalue weighted by Gasteiger charge is -2.28. The van der Waals surface area contributed by atoms with Crippen LogP contribution in [-0.2, 0) is 0 Å². The molecule has 1 aromatic carbocycles. The second kappa shape index (κ2) is 5.57. The number of carboxylic acid groups (broad SMARTS) is 1. The normalized spacial score (nSPS) is 18.8. The van der Waals surface area contributed by atoms with Gasteiger partial charge in [-0.1, -0.05) is 0 Å². The molecule has 1 N–H and O–H groups in total. The number of likely N-dealkylation sites (N-methyl/N-ethyl adjacent to an activating group) is 2. The van der Waals surface area contributed by atoms with Gasteiger partial charge in [-0.25, -0.2) is 4.79 Å². The zero-order valence-corrected chi connectivity index (χ0v) is 13.2. The molecule has 5 heteroatoms. The van der Waals surface area contributed by atoms with Crippen molar-refractivity contribution >= 4 is 22.6 Å². The predicted molar refractivity (Wildman–Crippen MR) is 87.7 cm³/mol. The molecule has 5 nitrogen and oxygen atoms in total. The number of aromatic nitrogens is 1. The van der Waals surface area contributed by atoms with Gasteiger partial charge >= 0.3 is 5.97 Å². The Bertz CT molecular complexity index is 729. The van der Waals surface area contributed by atoms with Crippen LogP contribution in [0.3, 0.4) is 0 Å². The van der Waals surface area contributed by atoms with Gasteiger partial charge in [-0.3, -0.25) is 4.98 Å². The molecule has 0 amide bonds. The molecular formula is C17H21N3O2. The van der Waals surface area contributed by atoms with E-state index in [1.165, 1.54) is 0 Å². The maximum atomic E-state index is 11.3. The highest BCUT2D eigenvalue weighted by Gasteiger charge is 2.25. The van der Waals surface area contributed by atoms with Gasteiger partial charge in [0.2, 0.25) is 0 Å². The molecule has 2 heterocycles. The van der Waals surface area contributed by atoms with Crippen LogP contribution >= 0.6 is 0 Å². The molecule has 1 saturated heterocycles. The number of hydrogen-bond acceptors (Lipinski definition) is 4. The highest BCUT2D eigenvalue weighted by Crippen LogP contribution is 2.30. The fourth-order valence-electron chi connectivity index (χ4n) is 3.19. The van der Waals surface area contributed by atoms with Crippen molar-refractivity contribution in [1.82, 2.24) is 9.88 Å². The molecular weight excluding hydrogens is 278 g/mol. The Morgan fingerprint density at radius 2 is 2.18 bits per heavy atom. The summed E-state index contributed by atoms with van der Waals surface area (Å²) in [6.07, 6.45) is 1.12. The zero-order valence-electron chi connectivity index (χ0n) is 13.2. The van der Waals surface area contributed by atoms with E-state index in [0.717, 1.165) is 41.8 Å². The molecule has 1 aromatic heterocycles. The number of fused-ring (bicyclic) bond motifs is 1. The Morgan fingerprint density at radius 1 is 1.41 bits per heavy atom. The molecule has 1 aliphatic rings. The second-order valence-corrected chi connectivity index (χ2v) is 6.14. The van der Waals surface area contributed by atoms with Crippen molar-refractivity contribution in [2.75, 3.05) is 32.1 Å². The van der Waals surface area contributed by atoms with E-state index in [9.17, 15) is 9.90 Å². The van der Waals surface area contributed by atoms with Crippen LogP contribution in [0, 0.1) is 6.92 Å². The van der Waals surface area contributed by atoms with Crippen LogP contribution < -0.4 is 4.90 Å². The van der Waals surface area contributed by atoms with Crippen LogP contribution in [0.15, 0.2) is 24.3 Å². The Labute approximate surface area is 130 Å². The third kappa shape index (κ3) is 2.64. The van der Waals surface area contributed by atoms with Gasteiger partial charge in [-0.05, 0) is 51.2 Å². The van der Waals surface area contributed by atoms with Crippen LogP contribution in [0.5, 0.6) is 0 Å².